The molecule has 2 amide bonds. The van der Waals surface area contributed by atoms with Gasteiger partial charge in [-0.05, 0) is 31.9 Å². The predicted octanol–water partition coefficient (Wildman–Crippen LogP) is 3.13. The van der Waals surface area contributed by atoms with E-state index in [1.807, 2.05) is 24.3 Å². The van der Waals surface area contributed by atoms with Crippen molar-refractivity contribution in [3.8, 4) is 0 Å². The van der Waals surface area contributed by atoms with Crippen molar-refractivity contribution >= 4 is 45.3 Å². The molecule has 0 bridgehead atoms. The van der Waals surface area contributed by atoms with Crippen molar-refractivity contribution in [2.45, 2.75) is 30.1 Å². The summed E-state index contributed by atoms with van der Waals surface area (Å²) in [6, 6.07) is 8.09. The molecule has 1 saturated heterocycles. The van der Waals surface area contributed by atoms with Crippen molar-refractivity contribution in [1.29, 1.82) is 0 Å². The first-order valence-corrected chi connectivity index (χ1v) is 10.2. The van der Waals surface area contributed by atoms with Crippen LogP contribution in [0.5, 0.6) is 0 Å². The summed E-state index contributed by atoms with van der Waals surface area (Å²) in [5.41, 5.74) is 0.974. The number of ether oxygens (including phenoxy) is 1. The highest BCUT2D eigenvalue weighted by atomic mass is 32.2. The van der Waals surface area contributed by atoms with E-state index < -0.39 is 0 Å². The van der Waals surface area contributed by atoms with Gasteiger partial charge in [-0.1, -0.05) is 23.9 Å². The Balaban J connectivity index is 1.42. The molecule has 6 nitrogen and oxygen atoms in total. The highest BCUT2D eigenvalue weighted by Crippen LogP contribution is 2.29. The van der Waals surface area contributed by atoms with E-state index in [9.17, 15) is 9.59 Å². The molecule has 0 atom stereocenters. The summed E-state index contributed by atoms with van der Waals surface area (Å²) < 4.78 is 7.05. The monoisotopic (exact) mass is 379 g/mol. The Morgan fingerprint density at radius 1 is 1.36 bits per heavy atom. The Morgan fingerprint density at radius 3 is 2.84 bits per heavy atom. The zero-order valence-electron chi connectivity index (χ0n) is 14.1. The number of carbonyl (C=O) groups is 2. The lowest BCUT2D eigenvalue weighted by Crippen LogP contribution is -2.47. The second-order valence-corrected chi connectivity index (χ2v) is 8.02. The molecule has 0 radical (unpaired) electrons. The molecule has 3 rings (SSSR count). The molecule has 1 aromatic carbocycles. The van der Waals surface area contributed by atoms with Crippen LogP contribution in [0.15, 0.2) is 28.6 Å². The lowest BCUT2D eigenvalue weighted by atomic mass is 10.1. The van der Waals surface area contributed by atoms with Gasteiger partial charge in [-0.25, -0.2) is 9.78 Å². The minimum absolute atomic E-state index is 0.0128. The predicted molar refractivity (Wildman–Crippen MR) is 100 cm³/mol. The number of nitrogens with one attached hydrogen (secondary N) is 1. The fourth-order valence-corrected chi connectivity index (χ4v) is 4.61. The average molecular weight is 380 g/mol. The minimum Gasteiger partial charge on any atom is -0.450 e. The number of aromatic nitrogens is 1. The highest BCUT2D eigenvalue weighted by Gasteiger charge is 2.24. The zero-order valence-corrected chi connectivity index (χ0v) is 15.7. The van der Waals surface area contributed by atoms with Gasteiger partial charge in [-0.2, -0.15) is 0 Å². The molecule has 0 aliphatic carbocycles. The Bertz CT molecular complexity index is 709. The molecule has 1 N–H and O–H groups in total. The van der Waals surface area contributed by atoms with E-state index in [1.165, 1.54) is 11.8 Å². The lowest BCUT2D eigenvalue weighted by Gasteiger charge is -2.31. The SMILES string of the molecule is CCOC(=O)N1CCC(NC(=O)CSc2nc3ccccc3s2)CC1. The van der Waals surface area contributed by atoms with E-state index in [-0.39, 0.29) is 18.0 Å². The summed E-state index contributed by atoms with van der Waals surface area (Å²) in [5, 5.41) is 3.05. The maximum Gasteiger partial charge on any atom is 0.409 e. The van der Waals surface area contributed by atoms with Crippen LogP contribution in [0.4, 0.5) is 4.79 Å². The zero-order chi connectivity index (χ0) is 17.6. The van der Waals surface area contributed by atoms with Gasteiger partial charge in [0, 0.05) is 19.1 Å². The number of nitrogens with zero attached hydrogens (tertiary/aromatic N) is 2. The number of thioether (sulfide) groups is 1. The number of piperidine rings is 1. The van der Waals surface area contributed by atoms with Crippen molar-refractivity contribution in [3.63, 3.8) is 0 Å². The molecule has 1 aliphatic rings. The summed E-state index contributed by atoms with van der Waals surface area (Å²) in [6.45, 7) is 3.43. The normalized spacial score (nSPS) is 15.3. The van der Waals surface area contributed by atoms with Crippen LogP contribution in [0.1, 0.15) is 19.8 Å². The first-order valence-electron chi connectivity index (χ1n) is 8.35. The number of carbonyl (C=O) groups excluding carboxylic acids is 2. The van der Waals surface area contributed by atoms with Gasteiger partial charge in [-0.3, -0.25) is 4.79 Å². The number of amides is 2. The molecule has 0 unspecified atom stereocenters. The van der Waals surface area contributed by atoms with Crippen molar-refractivity contribution in [2.24, 2.45) is 0 Å². The second-order valence-electron chi connectivity index (χ2n) is 5.76. The third-order valence-corrected chi connectivity index (χ3v) is 6.17. The number of thiazole rings is 1. The summed E-state index contributed by atoms with van der Waals surface area (Å²) >= 11 is 3.07. The molecule has 2 aromatic rings. The van der Waals surface area contributed by atoms with Crippen LogP contribution in [0.3, 0.4) is 0 Å². The summed E-state index contributed by atoms with van der Waals surface area (Å²) in [5.74, 6) is 0.372. The lowest BCUT2D eigenvalue weighted by molar-refractivity contribution is -0.119. The number of para-hydroxylation sites is 1. The van der Waals surface area contributed by atoms with Crippen LogP contribution in [0.25, 0.3) is 10.2 Å². The number of likely N-dealkylation sites (tertiary alicyclic amines) is 1. The quantitative estimate of drug-likeness (QED) is 0.808. The Hall–Kier alpha value is -1.80. The molecule has 134 valence electrons. The van der Waals surface area contributed by atoms with Gasteiger partial charge in [-0.15, -0.1) is 11.3 Å². The van der Waals surface area contributed by atoms with Gasteiger partial charge >= 0.3 is 6.09 Å². The van der Waals surface area contributed by atoms with Crippen LogP contribution < -0.4 is 5.32 Å². The van der Waals surface area contributed by atoms with Crippen LogP contribution in [-0.4, -0.2) is 53.4 Å². The molecule has 2 heterocycles. The van der Waals surface area contributed by atoms with Crippen LogP contribution in [0, 0.1) is 0 Å². The average Bonchev–Trinajstić information content (AvgIpc) is 3.04. The second kappa shape index (κ2) is 8.53. The Kier molecular flexibility index (Phi) is 6.14. The number of fused-ring (bicyclic) bond motifs is 1. The van der Waals surface area contributed by atoms with Gasteiger partial charge < -0.3 is 15.0 Å². The van der Waals surface area contributed by atoms with E-state index in [1.54, 1.807) is 23.2 Å². The molecule has 25 heavy (non-hydrogen) atoms. The van der Waals surface area contributed by atoms with E-state index in [0.29, 0.717) is 25.4 Å². The molecular formula is C17H21N3O3S2. The summed E-state index contributed by atoms with van der Waals surface area (Å²) in [7, 11) is 0. The smallest absolute Gasteiger partial charge is 0.409 e. The fraction of sp³-hybridized carbons (Fsp3) is 0.471. The fourth-order valence-electron chi connectivity index (χ4n) is 2.73. The third kappa shape index (κ3) is 4.85. The minimum atomic E-state index is -0.265. The van der Waals surface area contributed by atoms with Crippen LogP contribution in [0.2, 0.25) is 0 Å². The van der Waals surface area contributed by atoms with Gasteiger partial charge in [0.1, 0.15) is 0 Å². The highest BCUT2D eigenvalue weighted by molar-refractivity contribution is 8.01. The molecule has 0 saturated carbocycles. The van der Waals surface area contributed by atoms with E-state index in [2.05, 4.69) is 10.3 Å². The van der Waals surface area contributed by atoms with Gasteiger partial charge in [0.05, 0.1) is 22.6 Å². The molecule has 1 aliphatic heterocycles. The van der Waals surface area contributed by atoms with E-state index >= 15 is 0 Å². The summed E-state index contributed by atoms with van der Waals surface area (Å²) in [4.78, 5) is 30.0. The third-order valence-electron chi connectivity index (χ3n) is 3.99. The summed E-state index contributed by atoms with van der Waals surface area (Å²) in [6.07, 6.45) is 1.26. The van der Waals surface area contributed by atoms with Gasteiger partial charge in [0.25, 0.3) is 0 Å². The first kappa shape index (κ1) is 18.0. The number of hydrogen-bond acceptors (Lipinski definition) is 6. The molecule has 1 aromatic heterocycles. The van der Waals surface area contributed by atoms with Crippen molar-refractivity contribution in [1.82, 2.24) is 15.2 Å². The molecular weight excluding hydrogens is 358 g/mol. The maximum absolute atomic E-state index is 12.2. The van der Waals surface area contributed by atoms with Crippen molar-refractivity contribution in [3.05, 3.63) is 24.3 Å². The largest absolute Gasteiger partial charge is 0.450 e. The number of rotatable bonds is 5. The van der Waals surface area contributed by atoms with Gasteiger partial charge in [0.15, 0.2) is 4.34 Å². The number of hydrogen-bond donors (Lipinski definition) is 1. The van der Waals surface area contributed by atoms with Crippen molar-refractivity contribution < 1.29 is 14.3 Å². The standard InChI is InChI=1S/C17H21N3O3S2/c1-2-23-17(22)20-9-7-12(8-10-20)18-15(21)11-24-16-19-13-5-3-4-6-14(13)25-16/h3-6,12H,2,7-11H2,1H3,(H,18,21). The first-order chi connectivity index (χ1) is 12.2. The molecule has 0 spiro atoms. The number of benzene rings is 1. The van der Waals surface area contributed by atoms with Crippen LogP contribution in [-0.2, 0) is 9.53 Å². The topological polar surface area (TPSA) is 71.5 Å². The Morgan fingerprint density at radius 2 is 2.12 bits per heavy atom. The maximum atomic E-state index is 12.2. The van der Waals surface area contributed by atoms with Gasteiger partial charge in [0.2, 0.25) is 5.91 Å². The van der Waals surface area contributed by atoms with E-state index in [0.717, 1.165) is 27.4 Å². The van der Waals surface area contributed by atoms with Crippen LogP contribution >= 0.6 is 23.1 Å². The van der Waals surface area contributed by atoms with E-state index in [4.69, 9.17) is 4.74 Å². The Labute approximate surface area is 154 Å². The molecule has 1 fully saturated rings. The van der Waals surface area contributed by atoms with Crippen molar-refractivity contribution in [2.75, 3.05) is 25.4 Å². The molecule has 8 heteroatoms.